The number of pyridine rings is 1. The fraction of sp³-hybridized carbons (Fsp3) is 0.200. The Morgan fingerprint density at radius 1 is 1.11 bits per heavy atom. The predicted octanol–water partition coefficient (Wildman–Crippen LogP) is 2.98. The van der Waals surface area contributed by atoms with Crippen LogP contribution in [0.3, 0.4) is 0 Å². The van der Waals surface area contributed by atoms with Gasteiger partial charge >= 0.3 is 0 Å². The highest BCUT2D eigenvalue weighted by atomic mass is 32.1. The van der Waals surface area contributed by atoms with Crippen molar-refractivity contribution in [1.82, 2.24) is 19.8 Å². The summed E-state index contributed by atoms with van der Waals surface area (Å²) in [4.78, 5) is 6.41. The van der Waals surface area contributed by atoms with Crippen molar-refractivity contribution < 1.29 is 9.50 Å². The van der Waals surface area contributed by atoms with Gasteiger partial charge in [-0.1, -0.05) is 18.2 Å². The van der Waals surface area contributed by atoms with Crippen LogP contribution < -0.4 is 5.32 Å². The molecule has 4 rings (SSSR count). The van der Waals surface area contributed by atoms with E-state index in [1.54, 1.807) is 24.4 Å². The van der Waals surface area contributed by atoms with Crippen molar-refractivity contribution in [2.24, 2.45) is 0 Å². The van der Waals surface area contributed by atoms with Crippen LogP contribution in [0.4, 0.5) is 4.39 Å². The van der Waals surface area contributed by atoms with E-state index in [0.29, 0.717) is 17.3 Å². The minimum absolute atomic E-state index is 0.0341. The number of aliphatic hydroxyl groups is 1. The Bertz CT molecular complexity index is 946. The van der Waals surface area contributed by atoms with Gasteiger partial charge in [-0.15, -0.1) is 0 Å². The molecule has 2 unspecified atom stereocenters. The van der Waals surface area contributed by atoms with E-state index >= 15 is 0 Å². The lowest BCUT2D eigenvalue weighted by atomic mass is 10.0. The van der Waals surface area contributed by atoms with Crippen LogP contribution in [0.5, 0.6) is 0 Å². The number of halogens is 1. The molecule has 1 saturated heterocycles. The molecule has 1 aromatic carbocycles. The SMILES string of the molecule is OCCN1C(=S)NC(c2ccccn2)C1c1cccn1-c1ccccc1F. The fourth-order valence-corrected chi connectivity index (χ4v) is 3.91. The van der Waals surface area contributed by atoms with Crippen LogP contribution in [0.1, 0.15) is 23.5 Å². The Kier molecular flexibility index (Phi) is 4.87. The van der Waals surface area contributed by atoms with Gasteiger partial charge in [-0.3, -0.25) is 4.98 Å². The van der Waals surface area contributed by atoms with Crippen molar-refractivity contribution >= 4 is 17.3 Å². The van der Waals surface area contributed by atoms with Gasteiger partial charge in [-0.05, 0) is 48.6 Å². The van der Waals surface area contributed by atoms with Gasteiger partial charge < -0.3 is 19.9 Å². The molecule has 0 spiro atoms. The van der Waals surface area contributed by atoms with Gasteiger partial charge in [0.15, 0.2) is 5.11 Å². The molecule has 27 heavy (non-hydrogen) atoms. The molecule has 138 valence electrons. The third-order valence-corrected chi connectivity index (χ3v) is 5.09. The van der Waals surface area contributed by atoms with Crippen molar-refractivity contribution in [1.29, 1.82) is 0 Å². The largest absolute Gasteiger partial charge is 0.395 e. The van der Waals surface area contributed by atoms with E-state index in [2.05, 4.69) is 10.3 Å². The van der Waals surface area contributed by atoms with Gasteiger partial charge in [0.05, 0.1) is 30.1 Å². The normalized spacial score (nSPS) is 19.3. The van der Waals surface area contributed by atoms with Gasteiger partial charge in [0.1, 0.15) is 5.82 Å². The lowest BCUT2D eigenvalue weighted by Crippen LogP contribution is -2.33. The zero-order valence-corrected chi connectivity index (χ0v) is 15.3. The van der Waals surface area contributed by atoms with Crippen LogP contribution in [0, 0.1) is 5.82 Å². The van der Waals surface area contributed by atoms with Crippen molar-refractivity contribution in [2.75, 3.05) is 13.2 Å². The molecule has 1 fully saturated rings. The first kappa shape index (κ1) is 17.6. The Labute approximate surface area is 162 Å². The summed E-state index contributed by atoms with van der Waals surface area (Å²) in [5, 5.41) is 13.4. The Morgan fingerprint density at radius 2 is 1.93 bits per heavy atom. The molecule has 0 saturated carbocycles. The number of aliphatic hydroxyl groups excluding tert-OH is 1. The van der Waals surface area contributed by atoms with Crippen LogP contribution in [-0.2, 0) is 0 Å². The Morgan fingerprint density at radius 3 is 2.67 bits per heavy atom. The summed E-state index contributed by atoms with van der Waals surface area (Å²) in [6.07, 6.45) is 3.57. The second kappa shape index (κ2) is 7.46. The van der Waals surface area contributed by atoms with Crippen molar-refractivity contribution in [3.63, 3.8) is 0 Å². The Balaban J connectivity index is 1.83. The second-order valence-corrected chi connectivity index (χ2v) is 6.68. The van der Waals surface area contributed by atoms with E-state index in [0.717, 1.165) is 11.4 Å². The molecule has 1 aliphatic rings. The molecular formula is C20H19FN4OS. The van der Waals surface area contributed by atoms with E-state index in [9.17, 15) is 9.50 Å². The first-order valence-electron chi connectivity index (χ1n) is 8.72. The highest BCUT2D eigenvalue weighted by molar-refractivity contribution is 7.80. The molecule has 2 aromatic heterocycles. The number of aromatic nitrogens is 2. The summed E-state index contributed by atoms with van der Waals surface area (Å²) in [5.74, 6) is -0.299. The molecule has 1 aliphatic heterocycles. The zero-order valence-electron chi connectivity index (χ0n) is 14.5. The second-order valence-electron chi connectivity index (χ2n) is 6.30. The van der Waals surface area contributed by atoms with Gasteiger partial charge in [0.25, 0.3) is 0 Å². The molecule has 7 heteroatoms. The summed E-state index contributed by atoms with van der Waals surface area (Å²) in [6.45, 7) is 0.343. The number of thiocarbonyl (C=S) groups is 1. The molecule has 0 aliphatic carbocycles. The number of nitrogens with zero attached hydrogens (tertiary/aromatic N) is 3. The maximum absolute atomic E-state index is 14.4. The van der Waals surface area contributed by atoms with Gasteiger partial charge in [0.2, 0.25) is 0 Å². The first-order chi connectivity index (χ1) is 13.2. The van der Waals surface area contributed by atoms with E-state index in [1.807, 2.05) is 46.0 Å². The summed E-state index contributed by atoms with van der Waals surface area (Å²) < 4.78 is 16.3. The average Bonchev–Trinajstić information content (AvgIpc) is 3.28. The zero-order chi connectivity index (χ0) is 18.8. The molecule has 3 heterocycles. The first-order valence-corrected chi connectivity index (χ1v) is 9.12. The van der Waals surface area contributed by atoms with E-state index in [1.165, 1.54) is 6.07 Å². The van der Waals surface area contributed by atoms with Crippen LogP contribution in [-0.4, -0.2) is 37.8 Å². The molecule has 0 radical (unpaired) electrons. The molecular weight excluding hydrogens is 363 g/mol. The molecule has 0 amide bonds. The lowest BCUT2D eigenvalue weighted by molar-refractivity contribution is 0.220. The van der Waals surface area contributed by atoms with Gasteiger partial charge in [-0.2, -0.15) is 0 Å². The maximum Gasteiger partial charge on any atom is 0.170 e. The van der Waals surface area contributed by atoms with Crippen molar-refractivity contribution in [2.45, 2.75) is 12.1 Å². The van der Waals surface area contributed by atoms with Gasteiger partial charge in [0, 0.05) is 24.6 Å². The Hall–Kier alpha value is -2.77. The highest BCUT2D eigenvalue weighted by Gasteiger charge is 2.41. The van der Waals surface area contributed by atoms with Crippen LogP contribution in [0.15, 0.2) is 67.0 Å². The summed E-state index contributed by atoms with van der Waals surface area (Å²) in [5.41, 5.74) is 2.18. The smallest absolute Gasteiger partial charge is 0.170 e. The number of rotatable bonds is 5. The maximum atomic E-state index is 14.4. The standard InChI is InChI=1S/C20H19FN4OS/c21-14-6-1-2-8-16(14)24-11-5-9-17(24)19-18(15-7-3-4-10-22-15)23-20(27)25(19)12-13-26/h1-11,18-19,26H,12-13H2,(H,23,27). The summed E-state index contributed by atoms with van der Waals surface area (Å²) in [6, 6.07) is 15.8. The molecule has 0 bridgehead atoms. The van der Waals surface area contributed by atoms with Crippen LogP contribution in [0.2, 0.25) is 0 Å². The number of hydrogen-bond donors (Lipinski definition) is 2. The minimum Gasteiger partial charge on any atom is -0.395 e. The van der Waals surface area contributed by atoms with Crippen molar-refractivity contribution in [3.05, 3.63) is 84.2 Å². The van der Waals surface area contributed by atoms with E-state index in [-0.39, 0.29) is 24.5 Å². The number of para-hydroxylation sites is 1. The van der Waals surface area contributed by atoms with Crippen molar-refractivity contribution in [3.8, 4) is 5.69 Å². The third kappa shape index (κ3) is 3.20. The molecule has 2 atom stereocenters. The predicted molar refractivity (Wildman–Crippen MR) is 105 cm³/mol. The lowest BCUT2D eigenvalue weighted by Gasteiger charge is -2.28. The quantitative estimate of drug-likeness (QED) is 0.665. The number of hydrogen-bond acceptors (Lipinski definition) is 3. The topological polar surface area (TPSA) is 53.3 Å². The van der Waals surface area contributed by atoms with Crippen LogP contribution >= 0.6 is 12.2 Å². The van der Waals surface area contributed by atoms with Gasteiger partial charge in [-0.25, -0.2) is 4.39 Å². The summed E-state index contributed by atoms with van der Waals surface area (Å²) in [7, 11) is 0. The highest BCUT2D eigenvalue weighted by Crippen LogP contribution is 2.39. The van der Waals surface area contributed by atoms with Crippen LogP contribution in [0.25, 0.3) is 5.69 Å². The monoisotopic (exact) mass is 382 g/mol. The third-order valence-electron chi connectivity index (χ3n) is 4.73. The average molecular weight is 382 g/mol. The summed E-state index contributed by atoms with van der Waals surface area (Å²) >= 11 is 5.51. The number of β-amino-alcohol motifs (C(OH)–C–C–N with tert-alkyl or cyclic N) is 1. The fourth-order valence-electron chi connectivity index (χ4n) is 3.58. The molecule has 2 N–H and O–H groups in total. The molecule has 5 nitrogen and oxygen atoms in total. The molecule has 3 aromatic rings. The van der Waals surface area contributed by atoms with E-state index in [4.69, 9.17) is 12.2 Å². The number of nitrogens with one attached hydrogen (secondary N) is 1. The minimum atomic E-state index is -0.299. The van der Waals surface area contributed by atoms with E-state index < -0.39 is 0 Å². The number of benzene rings is 1.